The van der Waals surface area contributed by atoms with Crippen LogP contribution in [-0.2, 0) is 0 Å². The van der Waals surface area contributed by atoms with E-state index in [2.05, 4.69) is 11.8 Å². The second-order valence-corrected chi connectivity index (χ2v) is 5.86. The molecule has 2 heteroatoms. The lowest BCUT2D eigenvalue weighted by molar-refractivity contribution is 0.104. The molecule has 1 saturated carbocycles. The molecule has 1 aliphatic heterocycles. The number of nitrogens with two attached hydrogens (primary N) is 1. The van der Waals surface area contributed by atoms with Gasteiger partial charge >= 0.3 is 0 Å². The molecular formula is C14H28N2. The third-order valence-electron chi connectivity index (χ3n) is 4.52. The zero-order valence-corrected chi connectivity index (χ0v) is 10.8. The van der Waals surface area contributed by atoms with Crippen LogP contribution in [0.4, 0.5) is 0 Å². The van der Waals surface area contributed by atoms with E-state index in [-0.39, 0.29) is 0 Å². The molecule has 0 aromatic heterocycles. The van der Waals surface area contributed by atoms with E-state index < -0.39 is 0 Å². The lowest BCUT2D eigenvalue weighted by atomic mass is 9.82. The first-order valence-electron chi connectivity index (χ1n) is 7.29. The van der Waals surface area contributed by atoms with Gasteiger partial charge in [0.25, 0.3) is 0 Å². The van der Waals surface area contributed by atoms with Crippen molar-refractivity contribution < 1.29 is 0 Å². The maximum atomic E-state index is 6.07. The molecule has 0 aromatic carbocycles. The number of hydrogen-bond acceptors (Lipinski definition) is 2. The van der Waals surface area contributed by atoms with Gasteiger partial charge in [0.2, 0.25) is 0 Å². The highest BCUT2D eigenvalue weighted by Crippen LogP contribution is 2.31. The van der Waals surface area contributed by atoms with Crippen LogP contribution in [0.1, 0.15) is 58.3 Å². The first kappa shape index (κ1) is 12.4. The van der Waals surface area contributed by atoms with E-state index >= 15 is 0 Å². The van der Waals surface area contributed by atoms with Crippen molar-refractivity contribution >= 4 is 0 Å². The zero-order chi connectivity index (χ0) is 11.4. The van der Waals surface area contributed by atoms with Crippen LogP contribution in [0.5, 0.6) is 0 Å². The fourth-order valence-electron chi connectivity index (χ4n) is 3.58. The standard InChI is InChI=1S/C14H28N2/c1-2-4-12-6-8-14(9-7-12)16-10-3-5-13(15)11-16/h12-14H,2-11,15H2,1H3. The molecule has 2 fully saturated rings. The molecule has 1 saturated heterocycles. The van der Waals surface area contributed by atoms with E-state index in [1.165, 1.54) is 57.9 Å². The Morgan fingerprint density at radius 1 is 1.12 bits per heavy atom. The summed E-state index contributed by atoms with van der Waals surface area (Å²) in [7, 11) is 0. The average molecular weight is 224 g/mol. The predicted molar refractivity (Wildman–Crippen MR) is 69.4 cm³/mol. The lowest BCUT2D eigenvalue weighted by Gasteiger charge is -2.40. The van der Waals surface area contributed by atoms with E-state index in [0.717, 1.165) is 18.5 Å². The molecular weight excluding hydrogens is 196 g/mol. The number of piperidine rings is 1. The van der Waals surface area contributed by atoms with E-state index in [1.54, 1.807) is 0 Å². The van der Waals surface area contributed by atoms with Gasteiger partial charge in [0.15, 0.2) is 0 Å². The first-order chi connectivity index (χ1) is 7.79. The van der Waals surface area contributed by atoms with Crippen LogP contribution < -0.4 is 5.73 Å². The van der Waals surface area contributed by atoms with Crippen molar-refractivity contribution in [3.05, 3.63) is 0 Å². The van der Waals surface area contributed by atoms with Gasteiger partial charge in [0, 0.05) is 18.6 Å². The Morgan fingerprint density at radius 2 is 1.88 bits per heavy atom. The van der Waals surface area contributed by atoms with Crippen molar-refractivity contribution in [1.29, 1.82) is 0 Å². The van der Waals surface area contributed by atoms with Crippen LogP contribution in [-0.4, -0.2) is 30.1 Å². The quantitative estimate of drug-likeness (QED) is 0.798. The Bertz CT molecular complexity index is 197. The van der Waals surface area contributed by atoms with E-state index in [0.29, 0.717) is 6.04 Å². The van der Waals surface area contributed by atoms with E-state index in [4.69, 9.17) is 5.73 Å². The molecule has 1 heterocycles. The van der Waals surface area contributed by atoms with E-state index in [9.17, 15) is 0 Å². The van der Waals surface area contributed by atoms with Crippen LogP contribution in [0.2, 0.25) is 0 Å². The van der Waals surface area contributed by atoms with Crippen LogP contribution >= 0.6 is 0 Å². The van der Waals surface area contributed by atoms with Gasteiger partial charge in [-0.15, -0.1) is 0 Å². The maximum absolute atomic E-state index is 6.07. The molecule has 0 amide bonds. The molecule has 2 N–H and O–H groups in total. The molecule has 1 unspecified atom stereocenters. The summed E-state index contributed by atoms with van der Waals surface area (Å²) < 4.78 is 0. The molecule has 2 rings (SSSR count). The van der Waals surface area contributed by atoms with Crippen LogP contribution in [0.25, 0.3) is 0 Å². The summed E-state index contributed by atoms with van der Waals surface area (Å²) >= 11 is 0. The highest BCUT2D eigenvalue weighted by molar-refractivity contribution is 4.84. The zero-order valence-electron chi connectivity index (χ0n) is 10.8. The highest BCUT2D eigenvalue weighted by Gasteiger charge is 2.27. The summed E-state index contributed by atoms with van der Waals surface area (Å²) in [4.78, 5) is 2.68. The molecule has 94 valence electrons. The van der Waals surface area contributed by atoms with E-state index in [1.807, 2.05) is 0 Å². The minimum atomic E-state index is 0.446. The Kier molecular flexibility index (Phi) is 4.66. The third kappa shape index (κ3) is 3.21. The Morgan fingerprint density at radius 3 is 2.50 bits per heavy atom. The van der Waals surface area contributed by atoms with Gasteiger partial charge in [-0.3, -0.25) is 4.90 Å². The summed E-state index contributed by atoms with van der Waals surface area (Å²) in [5.74, 6) is 1.03. The average Bonchev–Trinajstić information content (AvgIpc) is 2.30. The summed E-state index contributed by atoms with van der Waals surface area (Å²) in [5, 5.41) is 0. The predicted octanol–water partition coefficient (Wildman–Crippen LogP) is 2.77. The van der Waals surface area contributed by atoms with Crippen molar-refractivity contribution in [3.63, 3.8) is 0 Å². The van der Waals surface area contributed by atoms with Crippen LogP contribution in [0, 0.1) is 5.92 Å². The molecule has 0 spiro atoms. The number of hydrogen-bond donors (Lipinski definition) is 1. The van der Waals surface area contributed by atoms with Crippen molar-refractivity contribution in [2.45, 2.75) is 70.4 Å². The topological polar surface area (TPSA) is 29.3 Å². The van der Waals surface area contributed by atoms with Crippen molar-refractivity contribution in [1.82, 2.24) is 4.90 Å². The number of rotatable bonds is 3. The lowest BCUT2D eigenvalue weighted by Crippen LogP contribution is -2.48. The third-order valence-corrected chi connectivity index (χ3v) is 4.52. The highest BCUT2D eigenvalue weighted by atomic mass is 15.2. The Balaban J connectivity index is 1.75. The van der Waals surface area contributed by atoms with Gasteiger partial charge in [-0.2, -0.15) is 0 Å². The minimum Gasteiger partial charge on any atom is -0.327 e. The Labute approximate surface area is 101 Å². The molecule has 1 aliphatic carbocycles. The van der Waals surface area contributed by atoms with Crippen LogP contribution in [0.3, 0.4) is 0 Å². The fourth-order valence-corrected chi connectivity index (χ4v) is 3.58. The van der Waals surface area contributed by atoms with Crippen LogP contribution in [0.15, 0.2) is 0 Å². The van der Waals surface area contributed by atoms with Gasteiger partial charge < -0.3 is 5.73 Å². The van der Waals surface area contributed by atoms with Crippen molar-refractivity contribution in [3.8, 4) is 0 Å². The second kappa shape index (κ2) is 6.02. The summed E-state index contributed by atoms with van der Waals surface area (Å²) in [6.45, 7) is 4.77. The number of likely N-dealkylation sites (tertiary alicyclic amines) is 1. The monoisotopic (exact) mass is 224 g/mol. The van der Waals surface area contributed by atoms with Crippen molar-refractivity contribution in [2.24, 2.45) is 11.7 Å². The Hall–Kier alpha value is -0.0800. The molecule has 0 aromatic rings. The molecule has 0 radical (unpaired) electrons. The molecule has 2 aliphatic rings. The molecule has 1 atom stereocenters. The first-order valence-corrected chi connectivity index (χ1v) is 7.29. The van der Waals surface area contributed by atoms with Gasteiger partial charge in [0.1, 0.15) is 0 Å². The fraction of sp³-hybridized carbons (Fsp3) is 1.00. The maximum Gasteiger partial charge on any atom is 0.0168 e. The second-order valence-electron chi connectivity index (χ2n) is 5.86. The summed E-state index contributed by atoms with van der Waals surface area (Å²) in [5.41, 5.74) is 6.07. The minimum absolute atomic E-state index is 0.446. The number of nitrogens with zero attached hydrogens (tertiary/aromatic N) is 1. The molecule has 2 nitrogen and oxygen atoms in total. The largest absolute Gasteiger partial charge is 0.327 e. The van der Waals surface area contributed by atoms with Gasteiger partial charge in [-0.25, -0.2) is 0 Å². The summed E-state index contributed by atoms with van der Waals surface area (Å²) in [6, 6.07) is 1.31. The van der Waals surface area contributed by atoms with Gasteiger partial charge in [-0.05, 0) is 51.0 Å². The summed E-state index contributed by atoms with van der Waals surface area (Å²) in [6.07, 6.45) is 11.1. The van der Waals surface area contributed by atoms with Gasteiger partial charge in [0.05, 0.1) is 0 Å². The van der Waals surface area contributed by atoms with Crippen molar-refractivity contribution in [2.75, 3.05) is 13.1 Å². The normalized spacial score (nSPS) is 37.5. The van der Waals surface area contributed by atoms with Gasteiger partial charge in [-0.1, -0.05) is 19.8 Å². The SMILES string of the molecule is CCCC1CCC(N2CCCC(N)C2)CC1. The molecule has 0 bridgehead atoms. The smallest absolute Gasteiger partial charge is 0.0168 e. The molecule has 16 heavy (non-hydrogen) atoms.